The van der Waals surface area contributed by atoms with Gasteiger partial charge in [-0.2, -0.15) is 0 Å². The van der Waals surface area contributed by atoms with Crippen LogP contribution in [-0.2, 0) is 9.57 Å². The van der Waals surface area contributed by atoms with E-state index in [9.17, 15) is 4.79 Å². The molecule has 5 heteroatoms. The zero-order valence-electron chi connectivity index (χ0n) is 13.6. The van der Waals surface area contributed by atoms with Crippen LogP contribution >= 0.6 is 0 Å². The maximum absolute atomic E-state index is 12.1. The van der Waals surface area contributed by atoms with Gasteiger partial charge in [0, 0.05) is 25.2 Å². The molecule has 2 aromatic carbocycles. The molecule has 1 heterocycles. The maximum atomic E-state index is 12.1. The van der Waals surface area contributed by atoms with E-state index >= 15 is 0 Å². The van der Waals surface area contributed by atoms with Gasteiger partial charge >= 0.3 is 0 Å². The second-order valence-corrected chi connectivity index (χ2v) is 5.68. The van der Waals surface area contributed by atoms with E-state index in [1.807, 2.05) is 54.6 Å². The highest BCUT2D eigenvalue weighted by Gasteiger charge is 2.10. The fraction of sp³-hybridized carbons (Fsp3) is 0.316. The van der Waals surface area contributed by atoms with Crippen LogP contribution in [0.25, 0.3) is 11.1 Å². The Morgan fingerprint density at radius 1 is 1.00 bits per heavy atom. The van der Waals surface area contributed by atoms with E-state index in [1.165, 1.54) is 0 Å². The Hall–Kier alpha value is -2.21. The average Bonchev–Trinajstić information content (AvgIpc) is 2.67. The van der Waals surface area contributed by atoms with Gasteiger partial charge in [0.15, 0.2) is 0 Å². The van der Waals surface area contributed by atoms with Crippen molar-refractivity contribution in [1.82, 2.24) is 10.4 Å². The fourth-order valence-corrected chi connectivity index (χ4v) is 2.62. The molecule has 0 spiro atoms. The molecule has 0 bridgehead atoms. The lowest BCUT2D eigenvalue weighted by Crippen LogP contribution is -2.39. The minimum Gasteiger partial charge on any atom is -0.379 e. The van der Waals surface area contributed by atoms with Gasteiger partial charge in [-0.3, -0.25) is 14.5 Å². The molecule has 1 saturated heterocycles. The number of benzene rings is 2. The number of carbonyl (C=O) groups excluding carboxylic acids is 1. The van der Waals surface area contributed by atoms with E-state index in [-0.39, 0.29) is 5.91 Å². The summed E-state index contributed by atoms with van der Waals surface area (Å²) in [7, 11) is 0. The minimum atomic E-state index is -0.225. The Kier molecular flexibility index (Phi) is 5.96. The Morgan fingerprint density at radius 3 is 2.38 bits per heavy atom. The van der Waals surface area contributed by atoms with Gasteiger partial charge in [0.05, 0.1) is 19.8 Å². The van der Waals surface area contributed by atoms with Crippen molar-refractivity contribution in [3.8, 4) is 11.1 Å². The molecule has 1 amide bonds. The van der Waals surface area contributed by atoms with Crippen molar-refractivity contribution in [1.29, 1.82) is 0 Å². The van der Waals surface area contributed by atoms with Crippen LogP contribution in [0.2, 0.25) is 0 Å². The first-order valence-corrected chi connectivity index (χ1v) is 8.21. The van der Waals surface area contributed by atoms with Crippen LogP contribution in [0, 0.1) is 0 Å². The summed E-state index contributed by atoms with van der Waals surface area (Å²) in [6.45, 7) is 4.61. The van der Waals surface area contributed by atoms with Crippen LogP contribution < -0.4 is 5.48 Å². The third-order valence-corrected chi connectivity index (χ3v) is 4.03. The van der Waals surface area contributed by atoms with Crippen molar-refractivity contribution >= 4 is 5.91 Å². The number of ether oxygens (including phenoxy) is 1. The average molecular weight is 326 g/mol. The molecule has 0 unspecified atom stereocenters. The van der Waals surface area contributed by atoms with Crippen LogP contribution in [-0.4, -0.2) is 50.3 Å². The number of hydrogen-bond donors (Lipinski definition) is 1. The van der Waals surface area contributed by atoms with E-state index in [1.54, 1.807) is 0 Å². The summed E-state index contributed by atoms with van der Waals surface area (Å²) >= 11 is 0. The zero-order chi connectivity index (χ0) is 16.6. The van der Waals surface area contributed by atoms with Crippen molar-refractivity contribution in [3.05, 3.63) is 60.2 Å². The van der Waals surface area contributed by atoms with Crippen molar-refractivity contribution in [2.75, 3.05) is 39.5 Å². The van der Waals surface area contributed by atoms with Gasteiger partial charge in [-0.25, -0.2) is 5.48 Å². The van der Waals surface area contributed by atoms with Gasteiger partial charge in [-0.1, -0.05) is 42.5 Å². The normalized spacial score (nSPS) is 15.2. The lowest BCUT2D eigenvalue weighted by atomic mass is 10.0. The van der Waals surface area contributed by atoms with E-state index < -0.39 is 0 Å². The quantitative estimate of drug-likeness (QED) is 0.654. The first kappa shape index (κ1) is 16.6. The summed E-state index contributed by atoms with van der Waals surface area (Å²) < 4.78 is 5.29. The standard InChI is InChI=1S/C19H22N2O3/c22-19(20-24-15-12-21-10-13-23-14-11-21)18-8-6-17(7-9-18)16-4-2-1-3-5-16/h1-9H,10-15H2,(H,20,22). The molecule has 0 atom stereocenters. The molecule has 1 N–H and O–H groups in total. The number of carbonyl (C=O) groups is 1. The van der Waals surface area contributed by atoms with Crippen LogP contribution in [0.1, 0.15) is 10.4 Å². The molecule has 126 valence electrons. The largest absolute Gasteiger partial charge is 0.379 e. The summed E-state index contributed by atoms with van der Waals surface area (Å²) in [5.74, 6) is -0.225. The number of rotatable bonds is 6. The van der Waals surface area contributed by atoms with Crippen molar-refractivity contribution in [3.63, 3.8) is 0 Å². The van der Waals surface area contributed by atoms with Crippen LogP contribution in [0.4, 0.5) is 0 Å². The van der Waals surface area contributed by atoms with Crippen LogP contribution in [0.3, 0.4) is 0 Å². The van der Waals surface area contributed by atoms with Gasteiger partial charge in [0.2, 0.25) is 0 Å². The van der Waals surface area contributed by atoms with Crippen molar-refractivity contribution in [2.45, 2.75) is 0 Å². The zero-order valence-corrected chi connectivity index (χ0v) is 13.6. The molecule has 0 aromatic heterocycles. The van der Waals surface area contributed by atoms with Gasteiger partial charge in [0.1, 0.15) is 0 Å². The number of hydroxylamine groups is 1. The molecule has 1 fully saturated rings. The second kappa shape index (κ2) is 8.59. The Bertz CT molecular complexity index is 637. The first-order chi connectivity index (χ1) is 11.8. The second-order valence-electron chi connectivity index (χ2n) is 5.68. The summed E-state index contributed by atoms with van der Waals surface area (Å²) in [6, 6.07) is 17.6. The predicted molar refractivity (Wildman–Crippen MR) is 92.6 cm³/mol. The summed E-state index contributed by atoms with van der Waals surface area (Å²) in [5.41, 5.74) is 5.30. The van der Waals surface area contributed by atoms with E-state index in [4.69, 9.17) is 9.57 Å². The lowest BCUT2D eigenvalue weighted by molar-refractivity contribution is -0.00176. The third-order valence-electron chi connectivity index (χ3n) is 4.03. The highest BCUT2D eigenvalue weighted by molar-refractivity contribution is 5.93. The number of amides is 1. The molecular formula is C19H22N2O3. The lowest BCUT2D eigenvalue weighted by Gasteiger charge is -2.26. The number of nitrogens with one attached hydrogen (secondary N) is 1. The van der Waals surface area contributed by atoms with Gasteiger partial charge in [-0.05, 0) is 23.3 Å². The topological polar surface area (TPSA) is 50.8 Å². The molecule has 0 saturated carbocycles. The molecule has 5 nitrogen and oxygen atoms in total. The number of morpholine rings is 1. The Labute approximate surface area is 142 Å². The van der Waals surface area contributed by atoms with E-state index in [0.29, 0.717) is 12.2 Å². The molecule has 0 aliphatic carbocycles. The minimum absolute atomic E-state index is 0.225. The summed E-state index contributed by atoms with van der Waals surface area (Å²) in [4.78, 5) is 19.6. The van der Waals surface area contributed by atoms with E-state index in [2.05, 4.69) is 10.4 Å². The van der Waals surface area contributed by atoms with Gasteiger partial charge in [0.25, 0.3) is 5.91 Å². The molecular weight excluding hydrogens is 304 g/mol. The van der Waals surface area contributed by atoms with Crippen molar-refractivity contribution in [2.24, 2.45) is 0 Å². The first-order valence-electron chi connectivity index (χ1n) is 8.21. The van der Waals surface area contributed by atoms with Crippen LogP contribution in [0.15, 0.2) is 54.6 Å². The molecule has 1 aliphatic heterocycles. The Balaban J connectivity index is 1.45. The van der Waals surface area contributed by atoms with Gasteiger partial charge < -0.3 is 4.74 Å². The number of nitrogens with zero attached hydrogens (tertiary/aromatic N) is 1. The fourth-order valence-electron chi connectivity index (χ4n) is 2.62. The molecule has 0 radical (unpaired) electrons. The molecule has 3 rings (SSSR count). The predicted octanol–water partition coefficient (Wildman–Crippen LogP) is 2.35. The number of hydrogen-bond acceptors (Lipinski definition) is 4. The maximum Gasteiger partial charge on any atom is 0.274 e. The van der Waals surface area contributed by atoms with Gasteiger partial charge in [-0.15, -0.1) is 0 Å². The molecule has 2 aromatic rings. The van der Waals surface area contributed by atoms with Crippen molar-refractivity contribution < 1.29 is 14.4 Å². The molecule has 1 aliphatic rings. The summed E-state index contributed by atoms with van der Waals surface area (Å²) in [6.07, 6.45) is 0. The smallest absolute Gasteiger partial charge is 0.274 e. The van der Waals surface area contributed by atoms with Crippen LogP contribution in [0.5, 0.6) is 0 Å². The Morgan fingerprint density at radius 2 is 1.67 bits per heavy atom. The monoisotopic (exact) mass is 326 g/mol. The highest BCUT2D eigenvalue weighted by atomic mass is 16.7. The highest BCUT2D eigenvalue weighted by Crippen LogP contribution is 2.19. The molecule has 24 heavy (non-hydrogen) atoms. The third kappa shape index (κ3) is 4.64. The van der Waals surface area contributed by atoms with E-state index in [0.717, 1.165) is 44.0 Å². The SMILES string of the molecule is O=C(NOCCN1CCOCC1)c1ccc(-c2ccccc2)cc1. The summed E-state index contributed by atoms with van der Waals surface area (Å²) in [5, 5.41) is 0.